The fraction of sp³-hybridized carbons (Fsp3) is 0.375. The number of aryl methyl sites for hydroxylation is 2. The van der Waals surface area contributed by atoms with Crippen molar-refractivity contribution in [3.05, 3.63) is 58.6 Å². The molecular weight excluding hydrogens is 436 g/mol. The molecule has 0 spiro atoms. The van der Waals surface area contributed by atoms with E-state index in [2.05, 4.69) is 25.0 Å². The molecule has 33 heavy (non-hydrogen) atoms. The summed E-state index contributed by atoms with van der Waals surface area (Å²) in [5, 5.41) is 9.46. The minimum Gasteiger partial charge on any atom is -0.346 e. The number of rotatable bonds is 4. The molecule has 3 heterocycles. The molecular formula is C24H31ClN8. The summed E-state index contributed by atoms with van der Waals surface area (Å²) in [6, 6.07) is 8.37. The van der Waals surface area contributed by atoms with Crippen LogP contribution in [0.1, 0.15) is 42.6 Å². The van der Waals surface area contributed by atoms with E-state index in [1.165, 1.54) is 25.7 Å². The standard InChI is InChI=1S/C19H20ClN7.C5H11N/c1-11-13(9-21)10-27(25-11)17-6-7-22-19(24-17)23-14-4-5-16-15(8-14)18(20)12(2)26(16)3;6-5-3-1-2-4-5/h4-8,10H,9,21H2,1-3H3,(H,22,23,24);5H,1-4,6H2. The van der Waals surface area contributed by atoms with Gasteiger partial charge in [-0.1, -0.05) is 24.4 Å². The van der Waals surface area contributed by atoms with E-state index in [1.807, 2.05) is 45.3 Å². The van der Waals surface area contributed by atoms with Crippen LogP contribution in [-0.4, -0.2) is 30.4 Å². The first-order valence-electron chi connectivity index (χ1n) is 11.2. The number of anilines is 2. The maximum Gasteiger partial charge on any atom is 0.229 e. The van der Waals surface area contributed by atoms with E-state index in [0.29, 0.717) is 24.4 Å². The van der Waals surface area contributed by atoms with Gasteiger partial charge in [0.05, 0.1) is 10.7 Å². The molecule has 0 atom stereocenters. The van der Waals surface area contributed by atoms with Gasteiger partial charge in [0.25, 0.3) is 0 Å². The summed E-state index contributed by atoms with van der Waals surface area (Å²) in [5.41, 5.74) is 16.1. The fourth-order valence-corrected chi connectivity index (χ4v) is 4.32. The average molecular weight is 467 g/mol. The van der Waals surface area contributed by atoms with Gasteiger partial charge in [-0.05, 0) is 44.9 Å². The maximum absolute atomic E-state index is 6.46. The molecule has 0 saturated heterocycles. The predicted octanol–water partition coefficient (Wildman–Crippen LogP) is 4.51. The van der Waals surface area contributed by atoms with Crippen LogP contribution in [0.4, 0.5) is 11.6 Å². The van der Waals surface area contributed by atoms with E-state index in [4.69, 9.17) is 23.1 Å². The molecule has 4 aromatic rings. The molecule has 8 nitrogen and oxygen atoms in total. The SMILES string of the molecule is Cc1nn(-c2ccnc(Nc3ccc4c(c3)c(Cl)c(C)n4C)n2)cc1CN.NC1CCCC1. The van der Waals surface area contributed by atoms with Crippen LogP contribution in [0.25, 0.3) is 16.7 Å². The number of nitrogens with zero attached hydrogens (tertiary/aromatic N) is 5. The molecule has 0 unspecified atom stereocenters. The predicted molar refractivity (Wildman–Crippen MR) is 134 cm³/mol. The summed E-state index contributed by atoms with van der Waals surface area (Å²) in [4.78, 5) is 8.86. The smallest absolute Gasteiger partial charge is 0.229 e. The Kier molecular flexibility index (Phi) is 6.97. The Hall–Kier alpha value is -2.94. The van der Waals surface area contributed by atoms with Gasteiger partial charge in [0.15, 0.2) is 5.82 Å². The Bertz CT molecular complexity index is 1250. The number of halogens is 1. The highest BCUT2D eigenvalue weighted by atomic mass is 35.5. The van der Waals surface area contributed by atoms with Gasteiger partial charge in [0.1, 0.15) is 0 Å². The average Bonchev–Trinajstić information content (AvgIpc) is 3.50. The monoisotopic (exact) mass is 466 g/mol. The summed E-state index contributed by atoms with van der Waals surface area (Å²) >= 11 is 6.46. The zero-order valence-corrected chi connectivity index (χ0v) is 20.1. The highest BCUT2D eigenvalue weighted by Gasteiger charge is 2.12. The van der Waals surface area contributed by atoms with Crippen molar-refractivity contribution in [1.29, 1.82) is 0 Å². The number of fused-ring (bicyclic) bond motifs is 1. The van der Waals surface area contributed by atoms with Crippen LogP contribution < -0.4 is 16.8 Å². The van der Waals surface area contributed by atoms with E-state index in [0.717, 1.165) is 38.6 Å². The molecule has 0 aliphatic heterocycles. The summed E-state index contributed by atoms with van der Waals surface area (Å²) in [5.74, 6) is 1.16. The summed E-state index contributed by atoms with van der Waals surface area (Å²) in [7, 11) is 2.00. The third-order valence-corrected chi connectivity index (χ3v) is 6.64. The van der Waals surface area contributed by atoms with Gasteiger partial charge in [-0.2, -0.15) is 10.1 Å². The molecule has 0 radical (unpaired) electrons. The largest absolute Gasteiger partial charge is 0.346 e. The second kappa shape index (κ2) is 9.91. The van der Waals surface area contributed by atoms with Crippen LogP contribution in [0.15, 0.2) is 36.7 Å². The van der Waals surface area contributed by atoms with Gasteiger partial charge in [-0.15, -0.1) is 0 Å². The Morgan fingerprint density at radius 1 is 1.18 bits per heavy atom. The van der Waals surface area contributed by atoms with Crippen molar-refractivity contribution < 1.29 is 0 Å². The topological polar surface area (TPSA) is 113 Å². The molecule has 1 aliphatic rings. The lowest BCUT2D eigenvalue weighted by atomic mass is 10.2. The van der Waals surface area contributed by atoms with Crippen LogP contribution in [0, 0.1) is 13.8 Å². The molecule has 5 rings (SSSR count). The van der Waals surface area contributed by atoms with Crippen molar-refractivity contribution >= 4 is 34.1 Å². The van der Waals surface area contributed by atoms with E-state index in [9.17, 15) is 0 Å². The molecule has 5 N–H and O–H groups in total. The molecule has 9 heteroatoms. The van der Waals surface area contributed by atoms with Crippen molar-refractivity contribution in [2.45, 2.75) is 52.1 Å². The number of nitrogens with one attached hydrogen (secondary N) is 1. The Morgan fingerprint density at radius 2 is 1.94 bits per heavy atom. The Balaban J connectivity index is 0.000000376. The van der Waals surface area contributed by atoms with E-state index >= 15 is 0 Å². The van der Waals surface area contributed by atoms with Crippen molar-refractivity contribution in [1.82, 2.24) is 24.3 Å². The van der Waals surface area contributed by atoms with Crippen LogP contribution in [0.5, 0.6) is 0 Å². The lowest BCUT2D eigenvalue weighted by Gasteiger charge is -2.07. The Morgan fingerprint density at radius 3 is 2.58 bits per heavy atom. The van der Waals surface area contributed by atoms with Crippen molar-refractivity contribution in [2.75, 3.05) is 5.32 Å². The maximum atomic E-state index is 6.46. The minimum absolute atomic E-state index is 0.444. The minimum atomic E-state index is 0.444. The molecule has 1 aliphatic carbocycles. The number of aromatic nitrogens is 5. The third kappa shape index (κ3) is 5.03. The molecule has 1 aromatic carbocycles. The number of nitrogens with two attached hydrogens (primary N) is 2. The zero-order chi connectivity index (χ0) is 23.5. The number of hydrogen-bond acceptors (Lipinski definition) is 6. The van der Waals surface area contributed by atoms with Crippen LogP contribution in [0.2, 0.25) is 5.02 Å². The highest BCUT2D eigenvalue weighted by Crippen LogP contribution is 2.32. The van der Waals surface area contributed by atoms with Gasteiger partial charge in [-0.3, -0.25) is 0 Å². The van der Waals surface area contributed by atoms with Gasteiger partial charge in [-0.25, -0.2) is 9.67 Å². The first-order valence-corrected chi connectivity index (χ1v) is 11.6. The van der Waals surface area contributed by atoms with E-state index in [-0.39, 0.29) is 0 Å². The zero-order valence-electron chi connectivity index (χ0n) is 19.3. The molecule has 1 saturated carbocycles. The summed E-state index contributed by atoms with van der Waals surface area (Å²) in [6.45, 7) is 4.38. The summed E-state index contributed by atoms with van der Waals surface area (Å²) in [6.07, 6.45) is 8.84. The lowest BCUT2D eigenvalue weighted by molar-refractivity contribution is 0.704. The van der Waals surface area contributed by atoms with Gasteiger partial charge >= 0.3 is 0 Å². The number of hydrogen-bond donors (Lipinski definition) is 3. The van der Waals surface area contributed by atoms with Crippen LogP contribution >= 0.6 is 11.6 Å². The second-order valence-electron chi connectivity index (χ2n) is 8.49. The Labute approximate surface area is 199 Å². The number of benzene rings is 1. The van der Waals surface area contributed by atoms with Crippen LogP contribution in [0.3, 0.4) is 0 Å². The summed E-state index contributed by atoms with van der Waals surface area (Å²) < 4.78 is 3.79. The lowest BCUT2D eigenvalue weighted by Crippen LogP contribution is -2.13. The molecule has 0 amide bonds. The quantitative estimate of drug-likeness (QED) is 0.407. The first-order chi connectivity index (χ1) is 15.9. The molecule has 3 aromatic heterocycles. The van der Waals surface area contributed by atoms with Gasteiger partial charge in [0, 0.05) is 65.9 Å². The van der Waals surface area contributed by atoms with E-state index in [1.54, 1.807) is 16.9 Å². The molecule has 174 valence electrons. The van der Waals surface area contributed by atoms with Crippen LogP contribution in [-0.2, 0) is 13.6 Å². The van der Waals surface area contributed by atoms with Gasteiger partial charge in [0.2, 0.25) is 5.95 Å². The second-order valence-corrected chi connectivity index (χ2v) is 8.86. The molecule has 0 bridgehead atoms. The van der Waals surface area contributed by atoms with Crippen molar-refractivity contribution in [3.8, 4) is 5.82 Å². The van der Waals surface area contributed by atoms with Crippen molar-refractivity contribution in [3.63, 3.8) is 0 Å². The fourth-order valence-electron chi connectivity index (χ4n) is 4.04. The van der Waals surface area contributed by atoms with Crippen molar-refractivity contribution in [2.24, 2.45) is 18.5 Å². The first kappa shape index (κ1) is 23.2. The highest BCUT2D eigenvalue weighted by molar-refractivity contribution is 6.36. The van der Waals surface area contributed by atoms with E-state index < -0.39 is 0 Å². The third-order valence-electron chi connectivity index (χ3n) is 6.17. The molecule has 1 fully saturated rings. The normalized spacial score (nSPS) is 13.9. The van der Waals surface area contributed by atoms with Gasteiger partial charge < -0.3 is 21.4 Å².